The Kier molecular flexibility index (Phi) is 4.57. The van der Waals surface area contributed by atoms with Crippen LogP contribution in [0.4, 0.5) is 0 Å². The first kappa shape index (κ1) is 17.8. The van der Waals surface area contributed by atoms with Crippen LogP contribution in [0, 0.1) is 0 Å². The highest BCUT2D eigenvalue weighted by Crippen LogP contribution is 2.23. The second-order valence-corrected chi connectivity index (χ2v) is 5.85. The second kappa shape index (κ2) is 7.19. The van der Waals surface area contributed by atoms with Crippen molar-refractivity contribution in [1.82, 2.24) is 34.6 Å². The van der Waals surface area contributed by atoms with Gasteiger partial charge in [0.05, 0.1) is 26.3 Å². The van der Waals surface area contributed by atoms with Crippen molar-refractivity contribution >= 4 is 22.9 Å². The summed E-state index contributed by atoms with van der Waals surface area (Å²) in [7, 11) is 4.48. The van der Waals surface area contributed by atoms with Crippen molar-refractivity contribution in [1.29, 1.82) is 0 Å². The molecule has 28 heavy (non-hydrogen) atoms. The zero-order chi connectivity index (χ0) is 19.7. The van der Waals surface area contributed by atoms with Crippen molar-refractivity contribution in [3.8, 4) is 11.4 Å². The van der Waals surface area contributed by atoms with Crippen molar-refractivity contribution in [3.05, 3.63) is 35.8 Å². The van der Waals surface area contributed by atoms with Gasteiger partial charge in [0, 0.05) is 7.11 Å². The highest BCUT2D eigenvalue weighted by molar-refractivity contribution is 5.82. The highest BCUT2D eigenvalue weighted by atomic mass is 16.5. The van der Waals surface area contributed by atoms with Crippen LogP contribution < -0.4 is 4.74 Å². The summed E-state index contributed by atoms with van der Waals surface area (Å²) >= 11 is 0. The van der Waals surface area contributed by atoms with Crippen LogP contribution in [0.3, 0.4) is 0 Å². The van der Waals surface area contributed by atoms with E-state index < -0.39 is 5.97 Å². The Morgan fingerprint density at radius 3 is 2.54 bits per heavy atom. The number of nitrogens with zero attached hydrogens (tertiary/aromatic N) is 7. The second-order valence-electron chi connectivity index (χ2n) is 5.85. The standard InChI is InChI=1S/C17H17N7O4/c1-26-9-13-18-17-20-19-15-12(8-14(25)28-3)21-23(16(15)24(17)22-13)10-4-6-11(27-2)7-5-10/h4-7H,8-9H2,1-3H3. The Balaban J connectivity index is 1.96. The Morgan fingerprint density at radius 2 is 1.86 bits per heavy atom. The van der Waals surface area contributed by atoms with Crippen LogP contribution in [0.25, 0.3) is 22.6 Å². The normalized spacial score (nSPS) is 11.2. The average molecular weight is 383 g/mol. The third kappa shape index (κ3) is 3.01. The Hall–Kier alpha value is -3.60. The number of hydrogen-bond acceptors (Lipinski definition) is 9. The van der Waals surface area contributed by atoms with E-state index in [0.717, 1.165) is 5.69 Å². The lowest BCUT2D eigenvalue weighted by Crippen LogP contribution is -2.06. The van der Waals surface area contributed by atoms with Gasteiger partial charge in [0.25, 0.3) is 5.78 Å². The van der Waals surface area contributed by atoms with Crippen molar-refractivity contribution < 1.29 is 19.0 Å². The molecular formula is C17H17N7O4. The van der Waals surface area contributed by atoms with Crippen LogP contribution in [0.2, 0.25) is 0 Å². The van der Waals surface area contributed by atoms with Crippen LogP contribution in [0.15, 0.2) is 24.3 Å². The van der Waals surface area contributed by atoms with E-state index in [1.165, 1.54) is 11.6 Å². The quantitative estimate of drug-likeness (QED) is 0.444. The molecule has 0 N–H and O–H groups in total. The molecule has 4 aromatic rings. The van der Waals surface area contributed by atoms with Crippen LogP contribution in [-0.4, -0.2) is 61.9 Å². The van der Waals surface area contributed by atoms with E-state index in [4.69, 9.17) is 14.2 Å². The molecule has 11 nitrogen and oxygen atoms in total. The third-order valence-electron chi connectivity index (χ3n) is 4.11. The molecule has 0 aliphatic carbocycles. The van der Waals surface area contributed by atoms with Crippen LogP contribution >= 0.6 is 0 Å². The molecule has 0 unspecified atom stereocenters. The SMILES string of the molecule is COCc1nc2nnc3c(CC(=O)OC)nn(-c4ccc(OC)cc4)c3n2n1. The maximum absolute atomic E-state index is 11.8. The molecule has 0 fully saturated rings. The molecular weight excluding hydrogens is 366 g/mol. The first-order chi connectivity index (χ1) is 13.6. The number of fused-ring (bicyclic) bond motifs is 3. The number of benzene rings is 1. The minimum absolute atomic E-state index is 0.0457. The summed E-state index contributed by atoms with van der Waals surface area (Å²) in [5.74, 6) is 1.05. The third-order valence-corrected chi connectivity index (χ3v) is 4.11. The van der Waals surface area contributed by atoms with E-state index >= 15 is 0 Å². The number of carbonyl (C=O) groups excluding carboxylic acids is 1. The van der Waals surface area contributed by atoms with Gasteiger partial charge in [-0.1, -0.05) is 0 Å². The molecule has 0 amide bonds. The Morgan fingerprint density at radius 1 is 1.07 bits per heavy atom. The number of aromatic nitrogens is 7. The molecule has 0 saturated carbocycles. The monoisotopic (exact) mass is 383 g/mol. The molecule has 3 aromatic heterocycles. The van der Waals surface area contributed by atoms with E-state index in [1.807, 2.05) is 24.3 Å². The Labute approximate surface area is 158 Å². The van der Waals surface area contributed by atoms with Crippen molar-refractivity contribution in [2.75, 3.05) is 21.3 Å². The number of ether oxygens (including phenoxy) is 3. The topological polar surface area (TPSA) is 119 Å². The smallest absolute Gasteiger partial charge is 0.311 e. The van der Waals surface area contributed by atoms with Gasteiger partial charge < -0.3 is 14.2 Å². The van der Waals surface area contributed by atoms with E-state index in [2.05, 4.69) is 25.4 Å². The first-order valence-corrected chi connectivity index (χ1v) is 8.34. The van der Waals surface area contributed by atoms with Gasteiger partial charge in [-0.25, -0.2) is 4.68 Å². The van der Waals surface area contributed by atoms with Gasteiger partial charge in [-0.2, -0.15) is 14.6 Å². The molecule has 1 aromatic carbocycles. The summed E-state index contributed by atoms with van der Waals surface area (Å²) in [5, 5.41) is 17.3. The van der Waals surface area contributed by atoms with E-state index in [0.29, 0.717) is 34.2 Å². The fraction of sp³-hybridized carbons (Fsp3) is 0.294. The highest BCUT2D eigenvalue weighted by Gasteiger charge is 2.21. The van der Waals surface area contributed by atoms with Gasteiger partial charge >= 0.3 is 5.97 Å². The number of hydrogen-bond donors (Lipinski definition) is 0. The van der Waals surface area contributed by atoms with E-state index in [-0.39, 0.29) is 13.0 Å². The van der Waals surface area contributed by atoms with Gasteiger partial charge in [0.15, 0.2) is 17.0 Å². The van der Waals surface area contributed by atoms with Crippen molar-refractivity contribution in [2.24, 2.45) is 0 Å². The summed E-state index contributed by atoms with van der Waals surface area (Å²) in [6, 6.07) is 7.30. The molecule has 3 heterocycles. The molecule has 11 heteroatoms. The minimum atomic E-state index is -0.429. The lowest BCUT2D eigenvalue weighted by Gasteiger charge is -2.05. The largest absolute Gasteiger partial charge is 0.497 e. The molecule has 0 saturated heterocycles. The maximum atomic E-state index is 11.8. The lowest BCUT2D eigenvalue weighted by atomic mass is 10.3. The fourth-order valence-corrected chi connectivity index (χ4v) is 2.81. The summed E-state index contributed by atoms with van der Waals surface area (Å²) in [4.78, 5) is 16.1. The lowest BCUT2D eigenvalue weighted by molar-refractivity contribution is -0.139. The van der Waals surface area contributed by atoms with E-state index in [1.54, 1.807) is 18.9 Å². The van der Waals surface area contributed by atoms with Gasteiger partial charge in [0.2, 0.25) is 0 Å². The number of methoxy groups -OCH3 is 3. The fourth-order valence-electron chi connectivity index (χ4n) is 2.81. The maximum Gasteiger partial charge on any atom is 0.311 e. The first-order valence-electron chi connectivity index (χ1n) is 8.34. The summed E-state index contributed by atoms with van der Waals surface area (Å²) in [5.41, 5.74) is 2.13. The molecule has 0 bridgehead atoms. The summed E-state index contributed by atoms with van der Waals surface area (Å²) < 4.78 is 18.3. The van der Waals surface area contributed by atoms with Crippen LogP contribution in [0.5, 0.6) is 5.75 Å². The molecule has 0 atom stereocenters. The molecule has 4 rings (SSSR count). The zero-order valence-electron chi connectivity index (χ0n) is 15.5. The molecule has 0 aliphatic heterocycles. The predicted molar refractivity (Wildman–Crippen MR) is 96.2 cm³/mol. The van der Waals surface area contributed by atoms with Crippen molar-refractivity contribution in [2.45, 2.75) is 13.0 Å². The predicted octanol–water partition coefficient (Wildman–Crippen LogP) is 0.729. The van der Waals surface area contributed by atoms with Gasteiger partial charge in [-0.3, -0.25) is 4.79 Å². The Bertz CT molecular complexity index is 1150. The van der Waals surface area contributed by atoms with Crippen LogP contribution in [0.1, 0.15) is 11.5 Å². The molecule has 0 aliphatic rings. The molecule has 144 valence electrons. The molecule has 0 spiro atoms. The zero-order valence-corrected chi connectivity index (χ0v) is 15.5. The minimum Gasteiger partial charge on any atom is -0.497 e. The van der Waals surface area contributed by atoms with Gasteiger partial charge in [0.1, 0.15) is 18.1 Å². The van der Waals surface area contributed by atoms with Crippen LogP contribution in [-0.2, 0) is 27.3 Å². The van der Waals surface area contributed by atoms with Crippen molar-refractivity contribution in [3.63, 3.8) is 0 Å². The summed E-state index contributed by atoms with van der Waals surface area (Å²) in [6.45, 7) is 0.233. The number of esters is 1. The van der Waals surface area contributed by atoms with Gasteiger partial charge in [-0.05, 0) is 24.3 Å². The summed E-state index contributed by atoms with van der Waals surface area (Å²) in [6.07, 6.45) is -0.0457. The van der Waals surface area contributed by atoms with E-state index in [9.17, 15) is 4.79 Å². The number of carbonyl (C=O) groups is 1. The average Bonchev–Trinajstić information content (AvgIpc) is 3.29. The molecule has 0 radical (unpaired) electrons. The van der Waals surface area contributed by atoms with Gasteiger partial charge in [-0.15, -0.1) is 15.3 Å². The number of rotatable bonds is 6.